The number of furan rings is 1. The molecule has 5 nitrogen and oxygen atoms in total. The van der Waals surface area contributed by atoms with Gasteiger partial charge in [0.15, 0.2) is 17.5 Å². The van der Waals surface area contributed by atoms with E-state index in [1.54, 1.807) is 11.3 Å². The van der Waals surface area contributed by atoms with Crippen LogP contribution in [0.1, 0.15) is 0 Å². The average molecular weight is 659 g/mol. The van der Waals surface area contributed by atoms with Gasteiger partial charge in [0.2, 0.25) is 0 Å². The molecule has 0 atom stereocenters. The largest absolute Gasteiger partial charge is 0.456 e. The van der Waals surface area contributed by atoms with Gasteiger partial charge < -0.3 is 4.42 Å². The summed E-state index contributed by atoms with van der Waals surface area (Å²) in [6, 6.07) is 54.1. The zero-order valence-corrected chi connectivity index (χ0v) is 27.4. The smallest absolute Gasteiger partial charge is 0.164 e. The highest BCUT2D eigenvalue weighted by Crippen LogP contribution is 2.40. The molecule has 50 heavy (non-hydrogen) atoms. The first-order valence-electron chi connectivity index (χ1n) is 16.5. The first kappa shape index (κ1) is 28.5. The molecule has 0 unspecified atom stereocenters. The third-order valence-electron chi connectivity index (χ3n) is 9.14. The van der Waals surface area contributed by atoms with E-state index in [2.05, 4.69) is 84.9 Å². The molecule has 0 aliphatic rings. The summed E-state index contributed by atoms with van der Waals surface area (Å²) in [7, 11) is 0. The molecule has 0 N–H and O–H groups in total. The highest BCUT2D eigenvalue weighted by atomic mass is 32.1. The van der Waals surface area contributed by atoms with Crippen molar-refractivity contribution in [1.82, 2.24) is 19.9 Å². The van der Waals surface area contributed by atoms with Crippen LogP contribution in [0.3, 0.4) is 0 Å². The zero-order valence-electron chi connectivity index (χ0n) is 26.6. The van der Waals surface area contributed by atoms with Gasteiger partial charge in [-0.15, -0.1) is 11.3 Å². The predicted molar refractivity (Wildman–Crippen MR) is 205 cm³/mol. The van der Waals surface area contributed by atoms with Gasteiger partial charge in [-0.1, -0.05) is 127 Å². The molecule has 234 valence electrons. The molecule has 0 aliphatic heterocycles. The van der Waals surface area contributed by atoms with Crippen LogP contribution in [0, 0.1) is 0 Å². The monoisotopic (exact) mass is 658 g/mol. The Balaban J connectivity index is 1.14. The maximum Gasteiger partial charge on any atom is 0.164 e. The number of rotatable bonds is 5. The van der Waals surface area contributed by atoms with Gasteiger partial charge in [-0.25, -0.2) is 19.9 Å². The van der Waals surface area contributed by atoms with E-state index in [1.807, 2.05) is 72.8 Å². The molecule has 7 aromatic carbocycles. The molecule has 0 saturated carbocycles. The van der Waals surface area contributed by atoms with Gasteiger partial charge >= 0.3 is 0 Å². The van der Waals surface area contributed by atoms with Crippen molar-refractivity contribution in [2.45, 2.75) is 0 Å². The number of benzene rings is 7. The fourth-order valence-corrected chi connectivity index (χ4v) is 7.67. The van der Waals surface area contributed by atoms with Gasteiger partial charge in [-0.05, 0) is 46.2 Å². The molecule has 0 spiro atoms. The van der Waals surface area contributed by atoms with Gasteiger partial charge in [-0.3, -0.25) is 0 Å². The number of fused-ring (bicyclic) bond motifs is 5. The number of hydrogen-bond acceptors (Lipinski definition) is 6. The van der Waals surface area contributed by atoms with E-state index in [0.29, 0.717) is 17.5 Å². The minimum absolute atomic E-state index is 0.594. The van der Waals surface area contributed by atoms with Gasteiger partial charge in [-0.2, -0.15) is 0 Å². The molecule has 0 saturated heterocycles. The summed E-state index contributed by atoms with van der Waals surface area (Å²) in [6.07, 6.45) is 0. The molecule has 10 rings (SSSR count). The fraction of sp³-hybridized carbons (Fsp3) is 0. The normalized spacial score (nSPS) is 11.6. The van der Waals surface area contributed by atoms with Crippen LogP contribution >= 0.6 is 11.3 Å². The van der Waals surface area contributed by atoms with E-state index in [9.17, 15) is 0 Å². The summed E-state index contributed by atoms with van der Waals surface area (Å²) < 4.78 is 7.55. The predicted octanol–water partition coefficient (Wildman–Crippen LogP) is 11.9. The van der Waals surface area contributed by atoms with Crippen LogP contribution in [0.2, 0.25) is 0 Å². The van der Waals surface area contributed by atoms with E-state index >= 15 is 0 Å². The van der Waals surface area contributed by atoms with Gasteiger partial charge in [0.1, 0.15) is 16.2 Å². The lowest BCUT2D eigenvalue weighted by atomic mass is 10.00. The first-order valence-corrected chi connectivity index (χ1v) is 17.3. The Morgan fingerprint density at radius 1 is 0.420 bits per heavy atom. The second-order valence-electron chi connectivity index (χ2n) is 12.3. The highest BCUT2D eigenvalue weighted by molar-refractivity contribution is 7.21. The second-order valence-corrected chi connectivity index (χ2v) is 13.3. The summed E-state index contributed by atoms with van der Waals surface area (Å²) in [4.78, 5) is 20.2. The summed E-state index contributed by atoms with van der Waals surface area (Å²) in [5.74, 6) is 1.83. The van der Waals surface area contributed by atoms with Gasteiger partial charge in [0.05, 0.1) is 10.2 Å². The molecular weight excluding hydrogens is 633 g/mol. The zero-order chi connectivity index (χ0) is 33.0. The Bertz CT molecular complexity index is 2860. The second kappa shape index (κ2) is 11.6. The SMILES string of the molecule is c1ccc(-c2ccc3cc(-c4nc(-c5ccccc5)nc(-c5cccc6oc7cc8nc(-c9ccccc9)sc8cc7c56)n4)ccc3c2)cc1. The Morgan fingerprint density at radius 3 is 1.78 bits per heavy atom. The fourth-order valence-electron chi connectivity index (χ4n) is 6.67. The summed E-state index contributed by atoms with van der Waals surface area (Å²) in [5, 5.41) is 5.25. The average Bonchev–Trinajstić information content (AvgIpc) is 3.78. The van der Waals surface area contributed by atoms with Crippen LogP contribution < -0.4 is 0 Å². The van der Waals surface area contributed by atoms with Gasteiger partial charge in [0, 0.05) is 39.1 Å². The van der Waals surface area contributed by atoms with E-state index in [0.717, 1.165) is 70.2 Å². The van der Waals surface area contributed by atoms with E-state index in [1.165, 1.54) is 11.1 Å². The molecule has 0 fully saturated rings. The number of nitrogens with zero attached hydrogens (tertiary/aromatic N) is 4. The number of hydrogen-bond donors (Lipinski definition) is 0. The summed E-state index contributed by atoms with van der Waals surface area (Å²) >= 11 is 1.68. The molecular formula is C44H26N4OS. The van der Waals surface area contributed by atoms with Crippen molar-refractivity contribution >= 4 is 54.3 Å². The quantitative estimate of drug-likeness (QED) is 0.184. The Hall–Kier alpha value is -6.50. The minimum atomic E-state index is 0.594. The maximum absolute atomic E-state index is 6.45. The highest BCUT2D eigenvalue weighted by Gasteiger charge is 2.19. The molecule has 0 bridgehead atoms. The number of aromatic nitrogens is 4. The lowest BCUT2D eigenvalue weighted by molar-refractivity contribution is 0.669. The standard InChI is InChI=1S/C44H26N4OS/c1-4-11-27(12-5-1)30-19-20-32-24-33(22-21-31(32)23-30)42-46-41(28-13-6-2-7-14-28)47-43(48-42)34-17-10-18-37-40(34)35-25-39-36(26-38(35)49-37)45-44(50-39)29-15-8-3-9-16-29/h1-26H. The van der Waals surface area contributed by atoms with E-state index < -0.39 is 0 Å². The molecule has 3 aromatic heterocycles. The van der Waals surface area contributed by atoms with E-state index in [-0.39, 0.29) is 0 Å². The Labute approximate surface area is 291 Å². The lowest BCUT2D eigenvalue weighted by Crippen LogP contribution is -2.00. The van der Waals surface area contributed by atoms with Crippen molar-refractivity contribution < 1.29 is 4.42 Å². The van der Waals surface area contributed by atoms with E-state index in [4.69, 9.17) is 24.4 Å². The summed E-state index contributed by atoms with van der Waals surface area (Å²) in [6.45, 7) is 0. The topological polar surface area (TPSA) is 64.7 Å². The van der Waals surface area contributed by atoms with Crippen LogP contribution in [0.5, 0.6) is 0 Å². The van der Waals surface area contributed by atoms with Crippen LogP contribution in [0.4, 0.5) is 0 Å². The van der Waals surface area contributed by atoms with Crippen molar-refractivity contribution in [3.05, 3.63) is 158 Å². The maximum atomic E-state index is 6.45. The third-order valence-corrected chi connectivity index (χ3v) is 10.2. The van der Waals surface area contributed by atoms with Crippen LogP contribution in [0.25, 0.3) is 98.8 Å². The Morgan fingerprint density at radius 2 is 1.04 bits per heavy atom. The van der Waals surface area contributed by atoms with Crippen LogP contribution in [0.15, 0.2) is 162 Å². The molecule has 6 heteroatoms. The van der Waals surface area contributed by atoms with Crippen LogP contribution in [-0.2, 0) is 0 Å². The number of thiazole rings is 1. The molecule has 0 radical (unpaired) electrons. The van der Waals surface area contributed by atoms with Crippen molar-refractivity contribution in [3.8, 4) is 55.9 Å². The van der Waals surface area contributed by atoms with Gasteiger partial charge in [0.25, 0.3) is 0 Å². The third kappa shape index (κ3) is 4.93. The molecule has 0 amide bonds. The van der Waals surface area contributed by atoms with Crippen molar-refractivity contribution in [2.24, 2.45) is 0 Å². The molecule has 3 heterocycles. The first-order chi connectivity index (χ1) is 24.7. The van der Waals surface area contributed by atoms with Crippen LogP contribution in [-0.4, -0.2) is 19.9 Å². The minimum Gasteiger partial charge on any atom is -0.456 e. The van der Waals surface area contributed by atoms with Crippen molar-refractivity contribution in [2.75, 3.05) is 0 Å². The van der Waals surface area contributed by atoms with Crippen molar-refractivity contribution in [3.63, 3.8) is 0 Å². The van der Waals surface area contributed by atoms with Crippen molar-refractivity contribution in [1.29, 1.82) is 0 Å². The molecule has 10 aromatic rings. The lowest BCUT2D eigenvalue weighted by Gasteiger charge is -2.10. The Kier molecular flexibility index (Phi) is 6.60. The molecule has 0 aliphatic carbocycles. The summed E-state index contributed by atoms with van der Waals surface area (Å²) in [5.41, 5.74) is 8.71.